The van der Waals surface area contributed by atoms with Crippen molar-refractivity contribution in [2.75, 3.05) is 5.32 Å². The molecule has 1 saturated carbocycles. The van der Waals surface area contributed by atoms with Crippen molar-refractivity contribution >= 4 is 17.7 Å². The minimum atomic E-state index is -0.468. The molecule has 2 atom stereocenters. The molecule has 0 unspecified atom stereocenters. The molecule has 0 saturated heterocycles. The monoisotopic (exact) mass is 328 g/mol. The van der Waals surface area contributed by atoms with Crippen LogP contribution in [0.15, 0.2) is 53.1 Å². The van der Waals surface area contributed by atoms with E-state index in [4.69, 9.17) is 9.15 Å². The number of para-hydroxylation sites is 1. The molecular weight excluding hydrogens is 308 g/mol. The van der Waals surface area contributed by atoms with Crippen LogP contribution in [-0.2, 0) is 4.74 Å². The van der Waals surface area contributed by atoms with Crippen LogP contribution in [0.2, 0.25) is 0 Å². The van der Waals surface area contributed by atoms with E-state index >= 15 is 0 Å². The van der Waals surface area contributed by atoms with Gasteiger partial charge in [0.1, 0.15) is 6.10 Å². The number of nitrogens with one attached hydrogen (secondary N) is 2. The SMILES string of the molecule is O=C(Nc1ccccc1)O[C@H]1CCC[C@@H](NC(=O)c2ccco2)C1. The number of furan rings is 1. The third kappa shape index (κ3) is 4.38. The Hall–Kier alpha value is -2.76. The standard InChI is InChI=1S/C18H20N2O4/c21-17(16-10-5-11-23-16)19-14-8-4-9-15(12-14)24-18(22)20-13-6-2-1-3-7-13/h1-3,5-7,10-11,14-15H,4,8-9,12H2,(H,19,21)(H,20,22)/t14-,15+/m1/s1. The van der Waals surface area contributed by atoms with Crippen molar-refractivity contribution in [3.63, 3.8) is 0 Å². The second-order valence-electron chi connectivity index (χ2n) is 5.83. The Morgan fingerprint density at radius 3 is 2.67 bits per heavy atom. The Kier molecular flexibility index (Phi) is 5.15. The zero-order valence-corrected chi connectivity index (χ0v) is 13.2. The molecule has 6 heteroatoms. The van der Waals surface area contributed by atoms with Crippen molar-refractivity contribution in [2.45, 2.75) is 37.8 Å². The molecule has 0 bridgehead atoms. The molecule has 0 aliphatic heterocycles. The molecule has 6 nitrogen and oxygen atoms in total. The Morgan fingerprint density at radius 2 is 1.92 bits per heavy atom. The van der Waals surface area contributed by atoms with Gasteiger partial charge in [0.15, 0.2) is 5.76 Å². The number of ether oxygens (including phenoxy) is 1. The highest BCUT2D eigenvalue weighted by Crippen LogP contribution is 2.22. The van der Waals surface area contributed by atoms with E-state index in [1.807, 2.05) is 18.2 Å². The van der Waals surface area contributed by atoms with Crippen molar-refractivity contribution in [1.82, 2.24) is 5.32 Å². The molecule has 0 spiro atoms. The molecule has 0 radical (unpaired) electrons. The lowest BCUT2D eigenvalue weighted by Crippen LogP contribution is -2.41. The summed E-state index contributed by atoms with van der Waals surface area (Å²) in [5.41, 5.74) is 0.695. The molecule has 1 aliphatic rings. The molecule has 3 rings (SSSR count). The Balaban J connectivity index is 1.48. The average molecular weight is 328 g/mol. The number of hydrogen-bond donors (Lipinski definition) is 2. The number of benzene rings is 1. The largest absolute Gasteiger partial charge is 0.459 e. The number of hydrogen-bond acceptors (Lipinski definition) is 4. The fraction of sp³-hybridized carbons (Fsp3) is 0.333. The molecule has 2 amide bonds. The number of amides is 2. The van der Waals surface area contributed by atoms with Crippen LogP contribution in [0.3, 0.4) is 0 Å². The van der Waals surface area contributed by atoms with E-state index in [1.54, 1.807) is 24.3 Å². The quantitative estimate of drug-likeness (QED) is 0.899. The van der Waals surface area contributed by atoms with Gasteiger partial charge in [0.2, 0.25) is 0 Å². The Morgan fingerprint density at radius 1 is 1.08 bits per heavy atom. The van der Waals surface area contributed by atoms with Crippen molar-refractivity contribution < 1.29 is 18.7 Å². The normalized spacial score (nSPS) is 20.2. The average Bonchev–Trinajstić information content (AvgIpc) is 3.10. The number of carbonyl (C=O) groups is 2. The van der Waals surface area contributed by atoms with Gasteiger partial charge in [-0.2, -0.15) is 0 Å². The summed E-state index contributed by atoms with van der Waals surface area (Å²) in [6.07, 6.45) is 3.96. The van der Waals surface area contributed by atoms with E-state index in [0.29, 0.717) is 17.9 Å². The van der Waals surface area contributed by atoms with Crippen molar-refractivity contribution in [3.05, 3.63) is 54.5 Å². The van der Waals surface area contributed by atoms with E-state index in [1.165, 1.54) is 6.26 Å². The first-order valence-corrected chi connectivity index (χ1v) is 8.08. The minimum absolute atomic E-state index is 0.0223. The molecule has 24 heavy (non-hydrogen) atoms. The molecule has 1 aliphatic carbocycles. The highest BCUT2D eigenvalue weighted by molar-refractivity contribution is 5.91. The van der Waals surface area contributed by atoms with Gasteiger partial charge in [-0.3, -0.25) is 10.1 Å². The summed E-state index contributed by atoms with van der Waals surface area (Å²) in [6.45, 7) is 0. The summed E-state index contributed by atoms with van der Waals surface area (Å²) in [5.74, 6) is 0.0549. The minimum Gasteiger partial charge on any atom is -0.459 e. The fourth-order valence-corrected chi connectivity index (χ4v) is 2.87. The maximum atomic E-state index is 12.0. The van der Waals surface area contributed by atoms with Gasteiger partial charge in [-0.15, -0.1) is 0 Å². The van der Waals surface area contributed by atoms with Crippen LogP contribution in [0.25, 0.3) is 0 Å². The predicted molar refractivity (Wildman–Crippen MR) is 88.8 cm³/mol. The van der Waals surface area contributed by atoms with E-state index in [2.05, 4.69) is 10.6 Å². The highest BCUT2D eigenvalue weighted by Gasteiger charge is 2.26. The van der Waals surface area contributed by atoms with E-state index < -0.39 is 6.09 Å². The summed E-state index contributed by atoms with van der Waals surface area (Å²) >= 11 is 0. The van der Waals surface area contributed by atoms with Gasteiger partial charge in [-0.1, -0.05) is 18.2 Å². The van der Waals surface area contributed by atoms with Gasteiger partial charge in [-0.05, 0) is 43.5 Å². The highest BCUT2D eigenvalue weighted by atomic mass is 16.6. The third-order valence-electron chi connectivity index (χ3n) is 4.00. The fourth-order valence-electron chi connectivity index (χ4n) is 2.87. The summed E-state index contributed by atoms with van der Waals surface area (Å²) in [4.78, 5) is 24.0. The molecule has 126 valence electrons. The lowest BCUT2D eigenvalue weighted by atomic mass is 9.93. The van der Waals surface area contributed by atoms with Crippen molar-refractivity contribution in [1.29, 1.82) is 0 Å². The van der Waals surface area contributed by atoms with Crippen LogP contribution in [-0.4, -0.2) is 24.1 Å². The van der Waals surface area contributed by atoms with E-state index in [-0.39, 0.29) is 18.1 Å². The maximum Gasteiger partial charge on any atom is 0.411 e. The van der Waals surface area contributed by atoms with Crippen LogP contribution in [0.1, 0.15) is 36.2 Å². The first-order chi connectivity index (χ1) is 11.7. The van der Waals surface area contributed by atoms with Crippen LogP contribution < -0.4 is 10.6 Å². The van der Waals surface area contributed by atoms with E-state index in [9.17, 15) is 9.59 Å². The van der Waals surface area contributed by atoms with Crippen LogP contribution >= 0.6 is 0 Å². The summed E-state index contributed by atoms with van der Waals surface area (Å²) in [7, 11) is 0. The van der Waals surface area contributed by atoms with Crippen molar-refractivity contribution in [2.24, 2.45) is 0 Å². The predicted octanol–water partition coefficient (Wildman–Crippen LogP) is 3.57. The molecule has 2 aromatic rings. The maximum absolute atomic E-state index is 12.0. The van der Waals surface area contributed by atoms with Crippen molar-refractivity contribution in [3.8, 4) is 0 Å². The molecule has 2 N–H and O–H groups in total. The number of anilines is 1. The third-order valence-corrected chi connectivity index (χ3v) is 4.00. The smallest absolute Gasteiger partial charge is 0.411 e. The molecule has 1 heterocycles. The summed E-state index contributed by atoms with van der Waals surface area (Å²) in [6, 6.07) is 12.4. The van der Waals surface area contributed by atoms with Crippen LogP contribution in [0.5, 0.6) is 0 Å². The first-order valence-electron chi connectivity index (χ1n) is 8.08. The van der Waals surface area contributed by atoms with Gasteiger partial charge in [0.25, 0.3) is 5.91 Å². The van der Waals surface area contributed by atoms with Gasteiger partial charge in [-0.25, -0.2) is 4.79 Å². The second kappa shape index (κ2) is 7.68. The van der Waals surface area contributed by atoms with Gasteiger partial charge >= 0.3 is 6.09 Å². The number of rotatable bonds is 4. The zero-order valence-electron chi connectivity index (χ0n) is 13.2. The van der Waals surface area contributed by atoms with Gasteiger partial charge in [0, 0.05) is 18.2 Å². The van der Waals surface area contributed by atoms with Gasteiger partial charge in [0.05, 0.1) is 6.26 Å². The summed E-state index contributed by atoms with van der Waals surface area (Å²) < 4.78 is 10.6. The molecule has 1 aromatic carbocycles. The lowest BCUT2D eigenvalue weighted by Gasteiger charge is -2.29. The molecule has 1 aromatic heterocycles. The molecule has 1 fully saturated rings. The zero-order chi connectivity index (χ0) is 16.8. The van der Waals surface area contributed by atoms with Gasteiger partial charge < -0.3 is 14.5 Å². The Labute approximate surface area is 140 Å². The summed E-state index contributed by atoms with van der Waals surface area (Å²) in [5, 5.41) is 5.63. The Bertz CT molecular complexity index is 670. The first kappa shape index (κ1) is 16.1. The van der Waals surface area contributed by atoms with E-state index in [0.717, 1.165) is 19.3 Å². The second-order valence-corrected chi connectivity index (χ2v) is 5.83. The van der Waals surface area contributed by atoms with Crippen LogP contribution in [0.4, 0.5) is 10.5 Å². The van der Waals surface area contributed by atoms with Crippen LogP contribution in [0, 0.1) is 0 Å². The lowest BCUT2D eigenvalue weighted by molar-refractivity contribution is 0.0702. The number of carbonyl (C=O) groups excluding carboxylic acids is 2. The molecular formula is C18H20N2O4. The topological polar surface area (TPSA) is 80.6 Å².